The highest BCUT2D eigenvalue weighted by molar-refractivity contribution is 6.30. The van der Waals surface area contributed by atoms with Crippen LogP contribution >= 0.6 is 11.6 Å². The van der Waals surface area contributed by atoms with Gasteiger partial charge in [0.25, 0.3) is 0 Å². The maximum atomic E-state index is 6.02. The van der Waals surface area contributed by atoms with Gasteiger partial charge in [0.05, 0.1) is 12.8 Å². The van der Waals surface area contributed by atoms with Gasteiger partial charge in [0.15, 0.2) is 0 Å². The van der Waals surface area contributed by atoms with E-state index in [0.29, 0.717) is 16.7 Å². The Balaban J connectivity index is 2.28. The summed E-state index contributed by atoms with van der Waals surface area (Å²) in [6.45, 7) is 5.98. The van der Waals surface area contributed by atoms with Crippen LogP contribution < -0.4 is 15.0 Å². The van der Waals surface area contributed by atoms with E-state index in [2.05, 4.69) is 34.0 Å². The number of halogens is 1. The van der Waals surface area contributed by atoms with E-state index in [4.69, 9.17) is 16.3 Å². The highest BCUT2D eigenvalue weighted by atomic mass is 35.5. The number of nitrogens with one attached hydrogen (secondary N) is 1. The molecule has 0 fully saturated rings. The summed E-state index contributed by atoms with van der Waals surface area (Å²) >= 11 is 6.02. The first kappa shape index (κ1) is 15.4. The van der Waals surface area contributed by atoms with Gasteiger partial charge in [-0.25, -0.2) is 4.98 Å². The molecule has 2 aromatic rings. The molecule has 0 amide bonds. The van der Waals surface area contributed by atoms with Crippen LogP contribution in [0.15, 0.2) is 30.5 Å². The molecule has 0 unspecified atom stereocenters. The molecular weight excluding hydrogens is 288 g/mol. The van der Waals surface area contributed by atoms with E-state index in [1.54, 1.807) is 31.5 Å². The molecule has 0 bridgehead atoms. The van der Waals surface area contributed by atoms with Crippen molar-refractivity contribution in [1.82, 2.24) is 9.97 Å². The monoisotopic (exact) mass is 306 g/mol. The van der Waals surface area contributed by atoms with E-state index in [-0.39, 0.29) is 0 Å². The molecule has 5 nitrogen and oxygen atoms in total. The van der Waals surface area contributed by atoms with Gasteiger partial charge in [-0.1, -0.05) is 11.6 Å². The molecule has 1 heterocycles. The molecule has 2 rings (SSSR count). The normalized spacial score (nSPS) is 10.3. The van der Waals surface area contributed by atoms with Gasteiger partial charge >= 0.3 is 0 Å². The fourth-order valence-electron chi connectivity index (χ4n) is 2.03. The minimum absolute atomic E-state index is 0.514. The Kier molecular flexibility index (Phi) is 5.22. The molecule has 21 heavy (non-hydrogen) atoms. The van der Waals surface area contributed by atoms with Gasteiger partial charge in [0, 0.05) is 24.3 Å². The summed E-state index contributed by atoms with van der Waals surface area (Å²) in [5.41, 5.74) is 0.738. The van der Waals surface area contributed by atoms with E-state index in [1.165, 1.54) is 0 Å². The average molecular weight is 307 g/mol. The van der Waals surface area contributed by atoms with E-state index >= 15 is 0 Å². The fourth-order valence-corrected chi connectivity index (χ4v) is 2.20. The Hall–Kier alpha value is -2.01. The van der Waals surface area contributed by atoms with Crippen LogP contribution in [0, 0.1) is 0 Å². The molecule has 0 atom stereocenters. The molecule has 0 spiro atoms. The van der Waals surface area contributed by atoms with E-state index < -0.39 is 0 Å². The number of anilines is 3. The minimum Gasteiger partial charge on any atom is -0.495 e. The molecule has 0 saturated carbocycles. The average Bonchev–Trinajstić information content (AvgIpc) is 2.49. The Morgan fingerprint density at radius 1 is 1.24 bits per heavy atom. The lowest BCUT2D eigenvalue weighted by Gasteiger charge is -2.20. The summed E-state index contributed by atoms with van der Waals surface area (Å²) in [5, 5.41) is 3.77. The smallest absolute Gasteiger partial charge is 0.229 e. The van der Waals surface area contributed by atoms with E-state index in [9.17, 15) is 0 Å². The fraction of sp³-hybridized carbons (Fsp3) is 0.333. The largest absolute Gasteiger partial charge is 0.495 e. The van der Waals surface area contributed by atoms with E-state index in [1.807, 2.05) is 6.07 Å². The highest BCUT2D eigenvalue weighted by Crippen LogP contribution is 2.29. The van der Waals surface area contributed by atoms with Crippen molar-refractivity contribution in [1.29, 1.82) is 0 Å². The molecule has 0 saturated heterocycles. The molecule has 0 aliphatic rings. The van der Waals surface area contributed by atoms with Crippen molar-refractivity contribution in [3.63, 3.8) is 0 Å². The number of hydrogen-bond acceptors (Lipinski definition) is 5. The van der Waals surface area contributed by atoms with Crippen molar-refractivity contribution in [2.45, 2.75) is 13.8 Å². The second-order valence-corrected chi connectivity index (χ2v) is 4.82. The zero-order chi connectivity index (χ0) is 15.2. The predicted octanol–water partition coefficient (Wildman–Crippen LogP) is 3.73. The van der Waals surface area contributed by atoms with E-state index in [0.717, 1.165) is 24.6 Å². The Morgan fingerprint density at radius 2 is 2.00 bits per heavy atom. The Bertz CT molecular complexity index is 602. The van der Waals surface area contributed by atoms with Gasteiger partial charge in [-0.15, -0.1) is 0 Å². The lowest BCUT2D eigenvalue weighted by molar-refractivity contribution is 0.417. The summed E-state index contributed by atoms with van der Waals surface area (Å²) in [4.78, 5) is 10.9. The number of hydrogen-bond donors (Lipinski definition) is 1. The van der Waals surface area contributed by atoms with Gasteiger partial charge < -0.3 is 15.0 Å². The Morgan fingerprint density at radius 3 is 2.67 bits per heavy atom. The molecule has 0 aliphatic carbocycles. The quantitative estimate of drug-likeness (QED) is 0.881. The van der Waals surface area contributed by atoms with Crippen LogP contribution in [0.1, 0.15) is 13.8 Å². The number of methoxy groups -OCH3 is 1. The molecule has 1 aromatic heterocycles. The van der Waals surface area contributed by atoms with Gasteiger partial charge in [-0.2, -0.15) is 4.98 Å². The number of rotatable bonds is 6. The zero-order valence-corrected chi connectivity index (χ0v) is 13.2. The standard InChI is InChI=1S/C15H19ClN4O/c1-4-20(5-2)14-8-9-17-15(19-14)18-12-10-11(16)6-7-13(12)21-3/h6-10H,4-5H2,1-3H3,(H,17,18,19). The van der Waals surface area contributed by atoms with Crippen LogP contribution in [0.5, 0.6) is 5.75 Å². The third-order valence-corrected chi connectivity index (χ3v) is 3.37. The van der Waals surface area contributed by atoms with Crippen LogP contribution in [0.25, 0.3) is 0 Å². The first-order valence-electron chi connectivity index (χ1n) is 6.86. The summed E-state index contributed by atoms with van der Waals surface area (Å²) < 4.78 is 5.31. The summed E-state index contributed by atoms with van der Waals surface area (Å²) in [6.07, 6.45) is 1.74. The Labute approximate surface area is 129 Å². The van der Waals surface area contributed by atoms with Gasteiger partial charge in [0.1, 0.15) is 11.6 Å². The van der Waals surface area contributed by atoms with Crippen LogP contribution in [-0.4, -0.2) is 30.2 Å². The summed E-state index contributed by atoms with van der Waals surface area (Å²) in [5.74, 6) is 2.09. The zero-order valence-electron chi connectivity index (χ0n) is 12.4. The molecule has 0 aliphatic heterocycles. The lowest BCUT2D eigenvalue weighted by Crippen LogP contribution is -2.23. The number of ether oxygens (including phenoxy) is 1. The van der Waals surface area contributed by atoms with Crippen LogP contribution in [0.3, 0.4) is 0 Å². The van der Waals surface area contributed by atoms with Crippen molar-refractivity contribution < 1.29 is 4.74 Å². The van der Waals surface area contributed by atoms with Crippen molar-refractivity contribution in [2.75, 3.05) is 30.4 Å². The topological polar surface area (TPSA) is 50.3 Å². The summed E-state index contributed by atoms with van der Waals surface area (Å²) in [7, 11) is 1.61. The molecule has 1 N–H and O–H groups in total. The molecule has 6 heteroatoms. The van der Waals surface area contributed by atoms with Gasteiger partial charge in [-0.3, -0.25) is 0 Å². The van der Waals surface area contributed by atoms with Crippen molar-refractivity contribution in [2.24, 2.45) is 0 Å². The number of nitrogens with zero attached hydrogens (tertiary/aromatic N) is 3. The highest BCUT2D eigenvalue weighted by Gasteiger charge is 2.08. The van der Waals surface area contributed by atoms with Crippen molar-refractivity contribution >= 4 is 29.1 Å². The maximum Gasteiger partial charge on any atom is 0.229 e. The molecule has 0 radical (unpaired) electrons. The molecule has 1 aromatic carbocycles. The molecular formula is C15H19ClN4O. The maximum absolute atomic E-state index is 6.02. The van der Waals surface area contributed by atoms with Crippen LogP contribution in [0.2, 0.25) is 5.02 Å². The predicted molar refractivity (Wildman–Crippen MR) is 86.9 cm³/mol. The second-order valence-electron chi connectivity index (χ2n) is 4.38. The molecule has 112 valence electrons. The van der Waals surface area contributed by atoms with Crippen LogP contribution in [-0.2, 0) is 0 Å². The third-order valence-electron chi connectivity index (χ3n) is 3.14. The number of benzene rings is 1. The first-order valence-corrected chi connectivity index (χ1v) is 7.24. The van der Waals surface area contributed by atoms with Gasteiger partial charge in [0.2, 0.25) is 5.95 Å². The van der Waals surface area contributed by atoms with Crippen LogP contribution in [0.4, 0.5) is 17.5 Å². The number of aromatic nitrogens is 2. The van der Waals surface area contributed by atoms with Crippen molar-refractivity contribution in [3.05, 3.63) is 35.5 Å². The first-order chi connectivity index (χ1) is 10.2. The van der Waals surface area contributed by atoms with Crippen molar-refractivity contribution in [3.8, 4) is 5.75 Å². The second kappa shape index (κ2) is 7.13. The minimum atomic E-state index is 0.514. The third kappa shape index (κ3) is 3.76. The summed E-state index contributed by atoms with van der Waals surface area (Å²) in [6, 6.07) is 7.26. The SMILES string of the molecule is CCN(CC)c1ccnc(Nc2cc(Cl)ccc2OC)n1. The lowest BCUT2D eigenvalue weighted by atomic mass is 10.3. The van der Waals surface area contributed by atoms with Gasteiger partial charge in [-0.05, 0) is 38.1 Å².